The fourth-order valence-corrected chi connectivity index (χ4v) is 4.26. The van der Waals surface area contributed by atoms with Crippen LogP contribution in [-0.2, 0) is 9.53 Å². The molecule has 1 aliphatic carbocycles. The van der Waals surface area contributed by atoms with E-state index in [4.69, 9.17) is 4.74 Å². The summed E-state index contributed by atoms with van der Waals surface area (Å²) in [6.07, 6.45) is 1.19. The molecule has 0 radical (unpaired) electrons. The first kappa shape index (κ1) is 15.0. The average molecular weight is 308 g/mol. The van der Waals surface area contributed by atoms with Crippen LogP contribution in [0.3, 0.4) is 0 Å². The van der Waals surface area contributed by atoms with E-state index in [1.54, 1.807) is 11.3 Å². The van der Waals surface area contributed by atoms with Crippen molar-refractivity contribution >= 4 is 17.2 Å². The minimum Gasteiger partial charge on any atom is -0.378 e. The third-order valence-electron chi connectivity index (χ3n) is 5.00. The van der Waals surface area contributed by atoms with Crippen molar-refractivity contribution in [2.24, 2.45) is 5.41 Å². The van der Waals surface area contributed by atoms with E-state index in [9.17, 15) is 4.79 Å². The van der Waals surface area contributed by atoms with Crippen LogP contribution in [0.4, 0.5) is 0 Å². The van der Waals surface area contributed by atoms with E-state index in [1.807, 2.05) is 13.8 Å². The summed E-state index contributed by atoms with van der Waals surface area (Å²) in [6, 6.07) is 2.23. The molecule has 1 saturated carbocycles. The smallest absolute Gasteiger partial charge is 0.241 e. The van der Waals surface area contributed by atoms with Crippen LogP contribution in [0, 0.1) is 5.41 Å². The minimum absolute atomic E-state index is 0.00519. The molecule has 2 aliphatic rings. The van der Waals surface area contributed by atoms with Crippen LogP contribution < -0.4 is 5.32 Å². The maximum Gasteiger partial charge on any atom is 0.241 e. The molecular weight excluding hydrogens is 284 g/mol. The van der Waals surface area contributed by atoms with Crippen molar-refractivity contribution in [3.05, 3.63) is 22.4 Å². The van der Waals surface area contributed by atoms with Crippen molar-refractivity contribution < 1.29 is 9.53 Å². The summed E-state index contributed by atoms with van der Waals surface area (Å²) in [5.41, 5.74) is 1.19. The van der Waals surface area contributed by atoms with Gasteiger partial charge < -0.3 is 9.64 Å². The number of ether oxygens (including phenoxy) is 1. The zero-order chi connectivity index (χ0) is 15.2. The molecule has 4 nitrogen and oxygen atoms in total. The summed E-state index contributed by atoms with van der Waals surface area (Å²) in [6.45, 7) is 9.14. The lowest BCUT2D eigenvalue weighted by Gasteiger charge is -2.55. The van der Waals surface area contributed by atoms with Crippen LogP contribution >= 0.6 is 11.3 Å². The van der Waals surface area contributed by atoms with Crippen molar-refractivity contribution in [3.8, 4) is 0 Å². The molecule has 1 aromatic heterocycles. The average Bonchev–Trinajstić information content (AvgIpc) is 3.05. The Morgan fingerprint density at radius 2 is 2.29 bits per heavy atom. The Labute approximate surface area is 130 Å². The summed E-state index contributed by atoms with van der Waals surface area (Å²) in [5.74, 6) is 0.208. The Morgan fingerprint density at radius 3 is 2.86 bits per heavy atom. The number of carbonyl (C=O) groups excluding carboxylic acids is 1. The van der Waals surface area contributed by atoms with Crippen LogP contribution in [0.1, 0.15) is 45.8 Å². The summed E-state index contributed by atoms with van der Waals surface area (Å²) in [4.78, 5) is 14.7. The predicted octanol–water partition coefficient (Wildman–Crippen LogP) is 2.77. The molecule has 3 rings (SSSR count). The van der Waals surface area contributed by atoms with Crippen molar-refractivity contribution in [2.75, 3.05) is 6.61 Å². The van der Waals surface area contributed by atoms with Gasteiger partial charge in [-0.15, -0.1) is 0 Å². The van der Waals surface area contributed by atoms with Gasteiger partial charge in [0.15, 0.2) is 0 Å². The molecule has 0 aromatic carbocycles. The molecule has 1 aromatic rings. The van der Waals surface area contributed by atoms with Crippen molar-refractivity contribution in [1.29, 1.82) is 0 Å². The Morgan fingerprint density at radius 1 is 1.52 bits per heavy atom. The molecule has 2 heterocycles. The molecule has 0 bridgehead atoms. The number of rotatable bonds is 4. The van der Waals surface area contributed by atoms with Gasteiger partial charge in [0.25, 0.3) is 0 Å². The third-order valence-corrected chi connectivity index (χ3v) is 5.70. The molecule has 0 spiro atoms. The first-order chi connectivity index (χ1) is 9.96. The highest BCUT2D eigenvalue weighted by atomic mass is 32.1. The van der Waals surface area contributed by atoms with Gasteiger partial charge in [-0.05, 0) is 42.7 Å². The molecule has 116 valence electrons. The highest BCUT2D eigenvalue weighted by molar-refractivity contribution is 7.07. The van der Waals surface area contributed by atoms with Crippen LogP contribution in [0.5, 0.6) is 0 Å². The van der Waals surface area contributed by atoms with Crippen LogP contribution in [0.15, 0.2) is 16.8 Å². The monoisotopic (exact) mass is 308 g/mol. The highest BCUT2D eigenvalue weighted by Gasteiger charge is 2.56. The van der Waals surface area contributed by atoms with Crippen LogP contribution in [0.25, 0.3) is 0 Å². The summed E-state index contributed by atoms with van der Waals surface area (Å²) >= 11 is 1.67. The SMILES string of the molecule is CCOC1CC(N2C(=O)C(C)NC2c2ccsc2)C1(C)C. The predicted molar refractivity (Wildman–Crippen MR) is 84.1 cm³/mol. The Bertz CT molecular complexity index is 514. The zero-order valence-corrected chi connectivity index (χ0v) is 13.9. The minimum atomic E-state index is -0.114. The molecule has 1 amide bonds. The normalized spacial score (nSPS) is 35.0. The van der Waals surface area contributed by atoms with Crippen molar-refractivity contribution in [1.82, 2.24) is 10.2 Å². The zero-order valence-electron chi connectivity index (χ0n) is 13.1. The standard InChI is InChI=1S/C16H24N2O2S/c1-5-20-13-8-12(16(13,3)4)18-14(11-6-7-21-9-11)17-10(2)15(18)19/h6-7,9-10,12-14,17H,5,8H2,1-4H3. The number of carbonyl (C=O) groups is 1. The summed E-state index contributed by atoms with van der Waals surface area (Å²) in [7, 11) is 0. The number of hydrogen-bond acceptors (Lipinski definition) is 4. The molecule has 4 atom stereocenters. The van der Waals surface area contributed by atoms with Gasteiger partial charge in [0.2, 0.25) is 5.91 Å². The molecule has 1 N–H and O–H groups in total. The first-order valence-corrected chi connectivity index (χ1v) is 8.63. The molecule has 21 heavy (non-hydrogen) atoms. The topological polar surface area (TPSA) is 41.6 Å². The highest BCUT2D eigenvalue weighted by Crippen LogP contribution is 2.49. The Hall–Kier alpha value is -0.910. The largest absolute Gasteiger partial charge is 0.378 e. The molecule has 4 unspecified atom stereocenters. The van der Waals surface area contributed by atoms with E-state index < -0.39 is 0 Å². The van der Waals surface area contributed by atoms with Gasteiger partial charge in [-0.3, -0.25) is 10.1 Å². The fourth-order valence-electron chi connectivity index (χ4n) is 3.58. The lowest BCUT2D eigenvalue weighted by atomic mass is 9.63. The lowest BCUT2D eigenvalue weighted by Crippen LogP contribution is -2.63. The van der Waals surface area contributed by atoms with Crippen LogP contribution in [0.2, 0.25) is 0 Å². The Kier molecular flexibility index (Phi) is 3.84. The summed E-state index contributed by atoms with van der Waals surface area (Å²) in [5, 5.41) is 7.63. The second-order valence-corrected chi connectivity index (χ2v) is 7.39. The number of nitrogens with one attached hydrogen (secondary N) is 1. The maximum atomic E-state index is 12.6. The van der Waals surface area contributed by atoms with Gasteiger partial charge in [-0.25, -0.2) is 0 Å². The van der Waals surface area contributed by atoms with Crippen molar-refractivity contribution in [3.63, 3.8) is 0 Å². The number of nitrogens with zero attached hydrogens (tertiary/aromatic N) is 1. The summed E-state index contributed by atoms with van der Waals surface area (Å²) < 4.78 is 5.81. The molecule has 5 heteroatoms. The maximum absolute atomic E-state index is 12.6. The van der Waals surface area contributed by atoms with E-state index in [0.717, 1.165) is 13.0 Å². The van der Waals surface area contributed by atoms with E-state index in [1.165, 1.54) is 5.56 Å². The van der Waals surface area contributed by atoms with E-state index in [0.29, 0.717) is 0 Å². The molecule has 1 aliphatic heterocycles. The Balaban J connectivity index is 1.84. The lowest BCUT2D eigenvalue weighted by molar-refractivity contribution is -0.168. The van der Waals surface area contributed by atoms with Crippen molar-refractivity contribution in [2.45, 2.75) is 58.5 Å². The number of thiophene rings is 1. The second kappa shape index (κ2) is 5.38. The van der Waals surface area contributed by atoms with Gasteiger partial charge in [0.1, 0.15) is 6.17 Å². The van der Waals surface area contributed by atoms with E-state index in [2.05, 4.69) is 40.9 Å². The van der Waals surface area contributed by atoms with E-state index in [-0.39, 0.29) is 35.7 Å². The van der Waals surface area contributed by atoms with Gasteiger partial charge in [-0.1, -0.05) is 13.8 Å². The quantitative estimate of drug-likeness (QED) is 0.930. The van der Waals surface area contributed by atoms with E-state index >= 15 is 0 Å². The number of amides is 1. The molecular formula is C16H24N2O2S. The van der Waals surface area contributed by atoms with Crippen LogP contribution in [-0.4, -0.2) is 35.6 Å². The second-order valence-electron chi connectivity index (χ2n) is 6.61. The fraction of sp³-hybridized carbons (Fsp3) is 0.688. The van der Waals surface area contributed by atoms with Gasteiger partial charge in [0.05, 0.1) is 12.1 Å². The first-order valence-electron chi connectivity index (χ1n) is 7.68. The molecule has 2 fully saturated rings. The molecule has 1 saturated heterocycles. The number of hydrogen-bond donors (Lipinski definition) is 1. The van der Waals surface area contributed by atoms with Gasteiger partial charge in [0, 0.05) is 18.1 Å². The van der Waals surface area contributed by atoms with Gasteiger partial charge >= 0.3 is 0 Å². The third kappa shape index (κ3) is 2.31. The van der Waals surface area contributed by atoms with Gasteiger partial charge in [-0.2, -0.15) is 11.3 Å².